The van der Waals surface area contributed by atoms with Gasteiger partial charge >= 0.3 is 0 Å². The van der Waals surface area contributed by atoms with Crippen LogP contribution in [0.15, 0.2) is 132 Å². The van der Waals surface area contributed by atoms with Crippen molar-refractivity contribution in [2.24, 2.45) is 0 Å². The molecule has 0 fully saturated rings. The van der Waals surface area contributed by atoms with Crippen molar-refractivity contribution in [1.82, 2.24) is 5.32 Å². The molecule has 4 rings (SSSR count). The summed E-state index contributed by atoms with van der Waals surface area (Å²) in [6.07, 6.45) is 0. The molecule has 0 aromatic heterocycles. The molecule has 4 aromatic carbocycles. The molecule has 0 spiro atoms. The monoisotopic (exact) mass is 465 g/mol. The molecule has 0 saturated heterocycles. The zero-order chi connectivity index (χ0) is 23.1. The van der Waals surface area contributed by atoms with Crippen molar-refractivity contribution >= 4 is 41.7 Å². The lowest BCUT2D eigenvalue weighted by atomic mass is 10.2. The molecule has 0 bridgehead atoms. The van der Waals surface area contributed by atoms with E-state index in [0.717, 1.165) is 15.9 Å². The maximum absolute atomic E-state index is 12.9. The number of carbonyl (C=O) groups excluding carboxylic acids is 1. The predicted molar refractivity (Wildman–Crippen MR) is 141 cm³/mol. The third-order valence-electron chi connectivity index (χ3n) is 5.36. The first-order valence-corrected chi connectivity index (χ1v) is 12.7. The Labute approximate surface area is 200 Å². The largest absolute Gasteiger partial charge is 0.313 e. The molecule has 5 heteroatoms. The molecule has 0 aliphatic carbocycles. The summed E-state index contributed by atoms with van der Waals surface area (Å²) in [7, 11) is -2.64. The molecule has 0 saturated carbocycles. The van der Waals surface area contributed by atoms with E-state index in [4.69, 9.17) is 12.6 Å². The zero-order valence-corrected chi connectivity index (χ0v) is 19.6. The van der Waals surface area contributed by atoms with E-state index in [1.165, 1.54) is 0 Å². The van der Waals surface area contributed by atoms with Crippen molar-refractivity contribution < 1.29 is 4.79 Å². The highest BCUT2D eigenvalue weighted by Crippen LogP contribution is 2.63. The Morgan fingerprint density at radius 3 is 1.39 bits per heavy atom. The number of benzene rings is 4. The molecular formula is C28H22N2OPS+. The van der Waals surface area contributed by atoms with Crippen molar-refractivity contribution in [2.45, 2.75) is 0 Å². The summed E-state index contributed by atoms with van der Waals surface area (Å²) in [5, 5.41) is 17.1. The average Bonchev–Trinajstić information content (AvgIpc) is 2.89. The highest BCUT2D eigenvalue weighted by molar-refractivity contribution is 8.00. The fourth-order valence-corrected chi connectivity index (χ4v) is 8.56. The van der Waals surface area contributed by atoms with Crippen LogP contribution in [-0.2, 0) is 0 Å². The van der Waals surface area contributed by atoms with Gasteiger partial charge in [0.15, 0.2) is 7.26 Å². The molecule has 4 aromatic rings. The number of nitriles is 1. The average molecular weight is 466 g/mol. The van der Waals surface area contributed by atoms with E-state index in [1.54, 1.807) is 24.3 Å². The Morgan fingerprint density at radius 2 is 1.03 bits per heavy atom. The first kappa shape index (κ1) is 22.6. The first-order chi connectivity index (χ1) is 16.2. The van der Waals surface area contributed by atoms with Gasteiger partial charge in [0, 0.05) is 5.56 Å². The molecule has 0 aliphatic heterocycles. The quantitative estimate of drug-likeness (QED) is 0.238. The van der Waals surface area contributed by atoms with Crippen LogP contribution < -0.4 is 21.2 Å². The number of allylic oxidation sites excluding steroid dienone is 1. The van der Waals surface area contributed by atoms with Crippen LogP contribution in [0.3, 0.4) is 0 Å². The molecule has 0 radical (unpaired) electrons. The van der Waals surface area contributed by atoms with E-state index in [0.29, 0.717) is 10.9 Å². The van der Waals surface area contributed by atoms with Gasteiger partial charge in [0.25, 0.3) is 5.91 Å². The van der Waals surface area contributed by atoms with Gasteiger partial charge in [-0.05, 0) is 48.5 Å². The van der Waals surface area contributed by atoms with Crippen LogP contribution in [0.25, 0.3) is 0 Å². The maximum Gasteiger partial charge on any atom is 0.256 e. The smallest absolute Gasteiger partial charge is 0.256 e. The minimum Gasteiger partial charge on any atom is -0.313 e. The molecule has 0 heterocycles. The van der Waals surface area contributed by atoms with Gasteiger partial charge in [0.2, 0.25) is 5.31 Å². The second-order valence-corrected chi connectivity index (χ2v) is 11.1. The normalized spacial score (nSPS) is 11.8. The lowest BCUT2D eigenvalue weighted by Gasteiger charge is -2.27. The highest BCUT2D eigenvalue weighted by Gasteiger charge is 2.51. The third-order valence-corrected chi connectivity index (χ3v) is 10.1. The Morgan fingerprint density at radius 1 is 0.667 bits per heavy atom. The van der Waals surface area contributed by atoms with Crippen LogP contribution in [0.4, 0.5) is 0 Å². The van der Waals surface area contributed by atoms with Crippen LogP contribution in [0, 0.1) is 11.3 Å². The number of thiol groups is 1. The van der Waals surface area contributed by atoms with Gasteiger partial charge in [0.1, 0.15) is 27.0 Å². The van der Waals surface area contributed by atoms with Crippen LogP contribution in [-0.4, -0.2) is 5.91 Å². The Kier molecular flexibility index (Phi) is 7.05. The number of nitrogens with one attached hydrogen (secondary N) is 1. The van der Waals surface area contributed by atoms with Gasteiger partial charge < -0.3 is 5.32 Å². The number of amides is 1. The van der Waals surface area contributed by atoms with Crippen molar-refractivity contribution in [3.05, 3.63) is 137 Å². The SMILES string of the molecule is N#CC(=C(S)NC(=O)c1ccccc1)[P+](c1ccccc1)(c1ccccc1)c1ccccc1. The van der Waals surface area contributed by atoms with E-state index in [9.17, 15) is 10.1 Å². The molecule has 0 aliphatic rings. The van der Waals surface area contributed by atoms with Crippen LogP contribution in [0.2, 0.25) is 0 Å². The summed E-state index contributed by atoms with van der Waals surface area (Å²) in [5.74, 6) is -0.305. The fourth-order valence-electron chi connectivity index (χ4n) is 3.90. The third kappa shape index (κ3) is 4.47. The molecule has 160 valence electrons. The summed E-state index contributed by atoms with van der Waals surface area (Å²) in [4.78, 5) is 12.9. The second kappa shape index (κ2) is 10.3. The number of nitrogens with zero attached hydrogens (tertiary/aromatic N) is 1. The topological polar surface area (TPSA) is 52.9 Å². The van der Waals surface area contributed by atoms with Crippen LogP contribution in [0.1, 0.15) is 10.4 Å². The minimum atomic E-state index is -2.64. The van der Waals surface area contributed by atoms with E-state index in [2.05, 4.69) is 11.4 Å². The Balaban J connectivity index is 2.00. The van der Waals surface area contributed by atoms with Gasteiger partial charge in [-0.3, -0.25) is 4.79 Å². The molecule has 3 nitrogen and oxygen atoms in total. The summed E-state index contributed by atoms with van der Waals surface area (Å²) in [5.41, 5.74) is 0.504. The van der Waals surface area contributed by atoms with Crippen LogP contribution >= 0.6 is 19.9 Å². The molecule has 0 unspecified atom stereocenters. The number of carbonyl (C=O) groups is 1. The Bertz CT molecular complexity index is 1210. The number of hydrogen-bond donors (Lipinski definition) is 2. The van der Waals surface area contributed by atoms with Gasteiger partial charge in [-0.2, -0.15) is 5.26 Å². The van der Waals surface area contributed by atoms with E-state index >= 15 is 0 Å². The molecule has 33 heavy (non-hydrogen) atoms. The first-order valence-electron chi connectivity index (χ1n) is 10.4. The van der Waals surface area contributed by atoms with Crippen LogP contribution in [0.5, 0.6) is 0 Å². The minimum absolute atomic E-state index is 0.260. The van der Waals surface area contributed by atoms with E-state index < -0.39 is 7.26 Å². The number of hydrogen-bond acceptors (Lipinski definition) is 3. The van der Waals surface area contributed by atoms with Gasteiger partial charge in [-0.25, -0.2) is 0 Å². The predicted octanol–water partition coefficient (Wildman–Crippen LogP) is 5.03. The standard InChI is InChI=1S/C28H21N2OPS/c29-21-26(28(33)30-27(31)22-13-5-1-6-14-22)32(23-15-7-2-8-16-23,24-17-9-3-10-18-24)25-19-11-4-12-20-25/h1-20H,(H-,30,31,33)/p+1. The molecule has 1 amide bonds. The summed E-state index contributed by atoms with van der Waals surface area (Å²) >= 11 is 4.69. The van der Waals surface area contributed by atoms with E-state index in [1.807, 2.05) is 97.1 Å². The molecule has 0 atom stereocenters. The van der Waals surface area contributed by atoms with Gasteiger partial charge in [-0.15, -0.1) is 12.6 Å². The van der Waals surface area contributed by atoms with E-state index in [-0.39, 0.29) is 10.9 Å². The second-order valence-electron chi connectivity index (χ2n) is 7.31. The van der Waals surface area contributed by atoms with Crippen molar-refractivity contribution in [1.29, 1.82) is 5.26 Å². The van der Waals surface area contributed by atoms with Crippen molar-refractivity contribution in [2.75, 3.05) is 0 Å². The Hall–Kier alpha value is -3.64. The lowest BCUT2D eigenvalue weighted by molar-refractivity contribution is 0.0969. The fraction of sp³-hybridized carbons (Fsp3) is 0. The van der Waals surface area contributed by atoms with Gasteiger partial charge in [0.05, 0.1) is 0 Å². The molecular weight excluding hydrogens is 443 g/mol. The zero-order valence-electron chi connectivity index (χ0n) is 17.8. The molecule has 1 N–H and O–H groups in total. The van der Waals surface area contributed by atoms with Crippen molar-refractivity contribution in [3.8, 4) is 6.07 Å². The number of rotatable bonds is 6. The maximum atomic E-state index is 12.9. The summed E-state index contributed by atoms with van der Waals surface area (Å²) in [6, 6.07) is 41.4. The van der Waals surface area contributed by atoms with Crippen molar-refractivity contribution in [3.63, 3.8) is 0 Å². The highest BCUT2D eigenvalue weighted by atomic mass is 32.1. The van der Waals surface area contributed by atoms with Gasteiger partial charge in [-0.1, -0.05) is 72.8 Å². The lowest BCUT2D eigenvalue weighted by Crippen LogP contribution is -2.34. The summed E-state index contributed by atoms with van der Waals surface area (Å²) < 4.78 is 0. The summed E-state index contributed by atoms with van der Waals surface area (Å²) in [6.45, 7) is 0.